The zero-order valence-electron chi connectivity index (χ0n) is 16.6. The van der Waals surface area contributed by atoms with Gasteiger partial charge in [0, 0.05) is 24.1 Å². The van der Waals surface area contributed by atoms with Crippen molar-refractivity contribution >= 4 is 17.3 Å². The number of aromatic nitrogens is 2. The Bertz CT molecular complexity index is 949. The van der Waals surface area contributed by atoms with Gasteiger partial charge >= 0.3 is 0 Å². The van der Waals surface area contributed by atoms with Crippen molar-refractivity contribution in [3.8, 4) is 0 Å². The molecule has 0 amide bonds. The van der Waals surface area contributed by atoms with Gasteiger partial charge in [0.1, 0.15) is 5.76 Å². The van der Waals surface area contributed by atoms with Crippen molar-refractivity contribution in [1.29, 1.82) is 0 Å². The van der Waals surface area contributed by atoms with Crippen LogP contribution in [0.4, 0.5) is 0 Å². The first-order valence-corrected chi connectivity index (χ1v) is 10.2. The number of nitrogens with zero attached hydrogens (tertiary/aromatic N) is 3. The average Bonchev–Trinajstić information content (AvgIpc) is 3.39. The monoisotopic (exact) mass is 394 g/mol. The number of nitrogens with one attached hydrogen (secondary N) is 1. The number of rotatable bonds is 6. The van der Waals surface area contributed by atoms with Crippen molar-refractivity contribution in [3.63, 3.8) is 0 Å². The van der Waals surface area contributed by atoms with Gasteiger partial charge in [0.05, 0.1) is 30.6 Å². The van der Waals surface area contributed by atoms with Crippen LogP contribution in [0.2, 0.25) is 0 Å². The highest BCUT2D eigenvalue weighted by Gasteiger charge is 2.40. The third-order valence-corrected chi connectivity index (χ3v) is 5.84. The van der Waals surface area contributed by atoms with Crippen LogP contribution >= 0.6 is 12.2 Å². The lowest BCUT2D eigenvalue weighted by Gasteiger charge is -2.27. The normalized spacial score (nSPS) is 19.2. The molecule has 5 nitrogen and oxygen atoms in total. The molecule has 0 saturated carbocycles. The summed E-state index contributed by atoms with van der Waals surface area (Å²) in [6.07, 6.45) is 4.61. The Hall–Kier alpha value is -2.60. The van der Waals surface area contributed by atoms with Gasteiger partial charge in [-0.05, 0) is 68.4 Å². The van der Waals surface area contributed by atoms with Gasteiger partial charge in [0.25, 0.3) is 0 Å². The van der Waals surface area contributed by atoms with Gasteiger partial charge in [-0.2, -0.15) is 0 Å². The first-order valence-electron chi connectivity index (χ1n) is 9.77. The summed E-state index contributed by atoms with van der Waals surface area (Å²) in [6.45, 7) is 8.18. The van der Waals surface area contributed by atoms with Crippen LogP contribution < -0.4 is 5.32 Å². The summed E-state index contributed by atoms with van der Waals surface area (Å²) >= 11 is 5.70. The molecule has 6 heteroatoms. The highest BCUT2D eigenvalue weighted by atomic mass is 32.1. The zero-order valence-corrected chi connectivity index (χ0v) is 17.4. The van der Waals surface area contributed by atoms with Gasteiger partial charge in [-0.3, -0.25) is 4.98 Å². The van der Waals surface area contributed by atoms with E-state index in [1.165, 1.54) is 17.0 Å². The van der Waals surface area contributed by atoms with E-state index >= 15 is 0 Å². The van der Waals surface area contributed by atoms with Crippen LogP contribution in [0.25, 0.3) is 0 Å². The summed E-state index contributed by atoms with van der Waals surface area (Å²) in [5.41, 5.74) is 4.77. The summed E-state index contributed by atoms with van der Waals surface area (Å²) in [4.78, 5) is 6.93. The number of aryl methyl sites for hydroxylation is 1. The molecule has 0 spiro atoms. The van der Waals surface area contributed by atoms with Crippen molar-refractivity contribution in [3.05, 3.63) is 77.3 Å². The summed E-state index contributed by atoms with van der Waals surface area (Å²) in [6, 6.07) is 12.5. The maximum absolute atomic E-state index is 5.70. The molecule has 0 radical (unpaired) electrons. The second kappa shape index (κ2) is 7.80. The van der Waals surface area contributed by atoms with E-state index < -0.39 is 0 Å². The van der Waals surface area contributed by atoms with Crippen LogP contribution in [0.1, 0.15) is 53.8 Å². The minimum absolute atomic E-state index is 0.0396. The molecule has 1 fully saturated rings. The average molecular weight is 395 g/mol. The fourth-order valence-corrected chi connectivity index (χ4v) is 4.49. The summed E-state index contributed by atoms with van der Waals surface area (Å²) in [5, 5.41) is 4.33. The first kappa shape index (κ1) is 18.7. The third kappa shape index (κ3) is 3.33. The molecular weight excluding hydrogens is 368 g/mol. The van der Waals surface area contributed by atoms with Crippen molar-refractivity contribution in [2.75, 3.05) is 6.54 Å². The fourth-order valence-electron chi connectivity index (χ4n) is 4.15. The molecule has 0 bridgehead atoms. The van der Waals surface area contributed by atoms with Crippen molar-refractivity contribution in [1.82, 2.24) is 19.8 Å². The molecule has 4 rings (SSSR count). The Balaban J connectivity index is 1.76. The predicted molar refractivity (Wildman–Crippen MR) is 114 cm³/mol. The van der Waals surface area contributed by atoms with Crippen molar-refractivity contribution in [2.24, 2.45) is 0 Å². The number of furan rings is 1. The lowest BCUT2D eigenvalue weighted by Crippen LogP contribution is -2.30. The van der Waals surface area contributed by atoms with Crippen LogP contribution in [0.15, 0.2) is 53.3 Å². The van der Waals surface area contributed by atoms with E-state index in [1.54, 1.807) is 6.26 Å². The lowest BCUT2D eigenvalue weighted by molar-refractivity contribution is 0.316. The second-order valence-corrected chi connectivity index (χ2v) is 7.70. The Labute approximate surface area is 171 Å². The number of thiocarbonyl (C=S) groups is 1. The molecule has 4 heterocycles. The number of hydrogen-bond donors (Lipinski definition) is 1. The van der Waals surface area contributed by atoms with E-state index in [2.05, 4.69) is 52.7 Å². The van der Waals surface area contributed by atoms with Gasteiger partial charge in [0.2, 0.25) is 0 Å². The van der Waals surface area contributed by atoms with Crippen LogP contribution in [-0.4, -0.2) is 26.1 Å². The Morgan fingerprint density at radius 2 is 2.07 bits per heavy atom. The Morgan fingerprint density at radius 3 is 2.75 bits per heavy atom. The maximum atomic E-state index is 5.70. The standard InChI is InChI=1S/C22H26N4OS/c1-4-11-25-21(20(24-22(25)28)19-9-5-6-10-23-19)18-13-15(2)26(16(18)3)14-17-8-7-12-27-17/h5-10,12-13,20-21H,4,11,14H2,1-3H3,(H,24,28)/t20-,21-/m0/s1. The molecule has 1 N–H and O–H groups in total. The van der Waals surface area contributed by atoms with Crippen LogP contribution in [0.5, 0.6) is 0 Å². The van der Waals surface area contributed by atoms with Crippen molar-refractivity contribution in [2.45, 2.75) is 45.8 Å². The summed E-state index contributed by atoms with van der Waals surface area (Å²) in [5.74, 6) is 0.958. The minimum Gasteiger partial charge on any atom is -0.467 e. The van der Waals surface area contributed by atoms with E-state index in [-0.39, 0.29) is 12.1 Å². The van der Waals surface area contributed by atoms with Crippen LogP contribution in [-0.2, 0) is 6.54 Å². The molecule has 2 atom stereocenters. The Morgan fingerprint density at radius 1 is 1.21 bits per heavy atom. The largest absolute Gasteiger partial charge is 0.467 e. The minimum atomic E-state index is 0.0396. The molecule has 28 heavy (non-hydrogen) atoms. The predicted octanol–water partition coefficient (Wildman–Crippen LogP) is 4.52. The van der Waals surface area contributed by atoms with E-state index in [0.717, 1.165) is 36.1 Å². The highest BCUT2D eigenvalue weighted by molar-refractivity contribution is 7.80. The quantitative estimate of drug-likeness (QED) is 0.623. The molecule has 146 valence electrons. The van der Waals surface area contributed by atoms with Crippen LogP contribution in [0, 0.1) is 13.8 Å². The van der Waals surface area contributed by atoms with E-state index in [4.69, 9.17) is 16.6 Å². The molecule has 3 aromatic heterocycles. The SMILES string of the molecule is CCCN1C(=S)N[C@@H](c2ccccn2)[C@@H]1c1cc(C)n(Cc2ccco2)c1C. The van der Waals surface area contributed by atoms with Crippen molar-refractivity contribution < 1.29 is 4.42 Å². The molecule has 0 aliphatic carbocycles. The molecule has 1 aliphatic rings. The van der Waals surface area contributed by atoms with Gasteiger partial charge in [-0.15, -0.1) is 0 Å². The van der Waals surface area contributed by atoms with E-state index in [9.17, 15) is 0 Å². The molecule has 3 aromatic rings. The third-order valence-electron chi connectivity index (χ3n) is 5.49. The lowest BCUT2D eigenvalue weighted by atomic mass is 9.96. The zero-order chi connectivity index (χ0) is 19.7. The smallest absolute Gasteiger partial charge is 0.170 e. The molecule has 0 unspecified atom stereocenters. The van der Waals surface area contributed by atoms with E-state index in [1.807, 2.05) is 30.5 Å². The molecule has 0 aromatic carbocycles. The molecule has 1 saturated heterocycles. The topological polar surface area (TPSA) is 46.2 Å². The maximum Gasteiger partial charge on any atom is 0.170 e. The number of hydrogen-bond acceptors (Lipinski definition) is 3. The number of pyridine rings is 1. The fraction of sp³-hybridized carbons (Fsp3) is 0.364. The van der Waals surface area contributed by atoms with Gasteiger partial charge in [-0.25, -0.2) is 0 Å². The molecule has 1 aliphatic heterocycles. The Kier molecular flexibility index (Phi) is 5.22. The van der Waals surface area contributed by atoms with Gasteiger partial charge in [-0.1, -0.05) is 13.0 Å². The summed E-state index contributed by atoms with van der Waals surface area (Å²) in [7, 11) is 0. The molecular formula is C22H26N4OS. The van der Waals surface area contributed by atoms with E-state index in [0.29, 0.717) is 0 Å². The highest BCUT2D eigenvalue weighted by Crippen LogP contribution is 2.40. The van der Waals surface area contributed by atoms with Gasteiger partial charge in [0.15, 0.2) is 5.11 Å². The second-order valence-electron chi connectivity index (χ2n) is 7.31. The first-order chi connectivity index (χ1) is 13.6. The summed E-state index contributed by atoms with van der Waals surface area (Å²) < 4.78 is 7.89. The van der Waals surface area contributed by atoms with Crippen LogP contribution in [0.3, 0.4) is 0 Å². The van der Waals surface area contributed by atoms with Gasteiger partial charge < -0.3 is 19.2 Å².